The zero-order valence-electron chi connectivity index (χ0n) is 9.41. The molecule has 0 aliphatic heterocycles. The molecule has 1 unspecified atom stereocenters. The van der Waals surface area contributed by atoms with E-state index in [2.05, 4.69) is 4.74 Å². The number of esters is 1. The number of hydrogen-bond donors (Lipinski definition) is 0. The summed E-state index contributed by atoms with van der Waals surface area (Å²) in [4.78, 5) is 22.9. The van der Waals surface area contributed by atoms with Crippen molar-refractivity contribution < 1.29 is 18.7 Å². The van der Waals surface area contributed by atoms with Gasteiger partial charge in [0.1, 0.15) is 11.7 Å². The number of ketones is 1. The predicted molar refractivity (Wildman–Crippen MR) is 56.6 cm³/mol. The first-order valence-electron chi connectivity index (χ1n) is 4.86. The summed E-state index contributed by atoms with van der Waals surface area (Å²) in [7, 11) is 1.19. The molecule has 0 fully saturated rings. The van der Waals surface area contributed by atoms with Gasteiger partial charge in [-0.2, -0.15) is 0 Å². The van der Waals surface area contributed by atoms with Crippen LogP contribution in [0.2, 0.25) is 0 Å². The Kier molecular flexibility index (Phi) is 3.77. The van der Waals surface area contributed by atoms with Crippen LogP contribution in [0.3, 0.4) is 0 Å². The van der Waals surface area contributed by atoms with E-state index < -0.39 is 23.5 Å². The first-order valence-corrected chi connectivity index (χ1v) is 4.86. The first-order chi connectivity index (χ1) is 7.49. The quantitative estimate of drug-likeness (QED) is 0.448. The van der Waals surface area contributed by atoms with Crippen molar-refractivity contribution in [1.29, 1.82) is 0 Å². The summed E-state index contributed by atoms with van der Waals surface area (Å²) in [5, 5.41) is 0. The molecule has 4 heteroatoms. The summed E-state index contributed by atoms with van der Waals surface area (Å²) in [5.74, 6) is -2.79. The summed E-state index contributed by atoms with van der Waals surface area (Å²) in [6, 6.07) is 4.51. The second kappa shape index (κ2) is 4.88. The Labute approximate surface area is 93.2 Å². The molecule has 1 aromatic rings. The highest BCUT2D eigenvalue weighted by atomic mass is 19.1. The van der Waals surface area contributed by atoms with Crippen molar-refractivity contribution in [3.8, 4) is 0 Å². The van der Waals surface area contributed by atoms with Gasteiger partial charge in [0.05, 0.1) is 12.7 Å². The van der Waals surface area contributed by atoms with Gasteiger partial charge in [-0.1, -0.05) is 12.1 Å². The fourth-order valence-electron chi connectivity index (χ4n) is 1.35. The van der Waals surface area contributed by atoms with Crippen molar-refractivity contribution in [3.63, 3.8) is 0 Å². The maximum absolute atomic E-state index is 13.6. The van der Waals surface area contributed by atoms with Crippen LogP contribution in [0.4, 0.5) is 4.39 Å². The number of Topliss-reactive ketones (excluding diaryl/α,β-unsaturated/α-hetero) is 1. The Morgan fingerprint density at radius 3 is 2.56 bits per heavy atom. The van der Waals surface area contributed by atoms with E-state index in [0.29, 0.717) is 5.56 Å². The minimum atomic E-state index is -0.985. The van der Waals surface area contributed by atoms with Crippen molar-refractivity contribution in [1.82, 2.24) is 0 Å². The molecule has 0 aromatic heterocycles. The Morgan fingerprint density at radius 1 is 1.38 bits per heavy atom. The monoisotopic (exact) mass is 224 g/mol. The second-order valence-corrected chi connectivity index (χ2v) is 3.55. The molecule has 0 aliphatic rings. The van der Waals surface area contributed by atoms with Crippen molar-refractivity contribution in [3.05, 3.63) is 35.1 Å². The molecule has 1 atom stereocenters. The second-order valence-electron chi connectivity index (χ2n) is 3.55. The molecule has 16 heavy (non-hydrogen) atoms. The van der Waals surface area contributed by atoms with Crippen LogP contribution >= 0.6 is 0 Å². The normalized spacial score (nSPS) is 12.0. The Bertz CT molecular complexity index is 426. The van der Waals surface area contributed by atoms with Crippen LogP contribution in [0.5, 0.6) is 0 Å². The van der Waals surface area contributed by atoms with E-state index in [9.17, 15) is 14.0 Å². The molecule has 1 rings (SSSR count). The fourth-order valence-corrected chi connectivity index (χ4v) is 1.35. The van der Waals surface area contributed by atoms with Crippen molar-refractivity contribution in [2.24, 2.45) is 5.92 Å². The third kappa shape index (κ3) is 2.27. The van der Waals surface area contributed by atoms with Gasteiger partial charge in [0.15, 0.2) is 5.78 Å². The van der Waals surface area contributed by atoms with E-state index in [1.54, 1.807) is 19.1 Å². The molecule has 1 aromatic carbocycles. The number of carbonyl (C=O) groups excluding carboxylic acids is 2. The number of carbonyl (C=O) groups is 2. The van der Waals surface area contributed by atoms with E-state index in [0.717, 1.165) is 0 Å². The van der Waals surface area contributed by atoms with E-state index in [-0.39, 0.29) is 5.56 Å². The zero-order chi connectivity index (χ0) is 12.3. The lowest BCUT2D eigenvalue weighted by Gasteiger charge is -2.09. The lowest BCUT2D eigenvalue weighted by Crippen LogP contribution is -2.23. The van der Waals surface area contributed by atoms with E-state index in [4.69, 9.17) is 0 Å². The SMILES string of the molecule is COC(=O)C(C)C(=O)c1cccc(C)c1F. The number of benzene rings is 1. The Morgan fingerprint density at radius 2 is 2.00 bits per heavy atom. The van der Waals surface area contributed by atoms with E-state index in [1.807, 2.05) is 0 Å². The molecule has 0 saturated carbocycles. The lowest BCUT2D eigenvalue weighted by atomic mass is 9.97. The highest BCUT2D eigenvalue weighted by molar-refractivity contribution is 6.08. The van der Waals surface area contributed by atoms with Gasteiger partial charge in [-0.3, -0.25) is 9.59 Å². The highest BCUT2D eigenvalue weighted by Crippen LogP contribution is 2.16. The van der Waals surface area contributed by atoms with Gasteiger partial charge in [-0.25, -0.2) is 4.39 Å². The average Bonchev–Trinajstić information content (AvgIpc) is 2.29. The van der Waals surface area contributed by atoms with Crippen molar-refractivity contribution in [2.45, 2.75) is 13.8 Å². The Hall–Kier alpha value is -1.71. The highest BCUT2D eigenvalue weighted by Gasteiger charge is 2.25. The Balaban J connectivity index is 3.06. The largest absolute Gasteiger partial charge is 0.468 e. The number of rotatable bonds is 3. The van der Waals surface area contributed by atoms with Gasteiger partial charge >= 0.3 is 5.97 Å². The summed E-state index contributed by atoms with van der Waals surface area (Å²) in [6.45, 7) is 2.96. The molecule has 0 radical (unpaired) electrons. The lowest BCUT2D eigenvalue weighted by molar-refractivity contribution is -0.143. The predicted octanol–water partition coefficient (Wildman–Crippen LogP) is 2.13. The minimum absolute atomic E-state index is 0.0714. The van der Waals surface area contributed by atoms with Crippen LogP contribution in [0.15, 0.2) is 18.2 Å². The summed E-state index contributed by atoms with van der Waals surface area (Å²) in [6.07, 6.45) is 0. The standard InChI is InChI=1S/C12H13FO3/c1-7-5-4-6-9(10(7)13)11(14)8(2)12(15)16-3/h4-6,8H,1-3H3. The molecule has 0 amide bonds. The van der Waals surface area contributed by atoms with Gasteiger partial charge in [0, 0.05) is 0 Å². The number of hydrogen-bond acceptors (Lipinski definition) is 3. The van der Waals surface area contributed by atoms with Crippen LogP contribution in [0.25, 0.3) is 0 Å². The van der Waals surface area contributed by atoms with Gasteiger partial charge in [0.2, 0.25) is 0 Å². The number of aryl methyl sites for hydroxylation is 1. The maximum atomic E-state index is 13.6. The van der Waals surface area contributed by atoms with Gasteiger partial charge in [-0.15, -0.1) is 0 Å². The third-order valence-corrected chi connectivity index (χ3v) is 2.41. The van der Waals surface area contributed by atoms with Crippen molar-refractivity contribution in [2.75, 3.05) is 7.11 Å². The molecule has 0 N–H and O–H groups in total. The first kappa shape index (κ1) is 12.4. The number of ether oxygens (including phenoxy) is 1. The zero-order valence-corrected chi connectivity index (χ0v) is 9.41. The summed E-state index contributed by atoms with van der Waals surface area (Å²) in [5.41, 5.74) is 0.306. The molecule has 3 nitrogen and oxygen atoms in total. The molecule has 86 valence electrons. The van der Waals surface area contributed by atoms with E-state index in [1.165, 1.54) is 20.1 Å². The van der Waals surface area contributed by atoms with E-state index >= 15 is 0 Å². The number of halogens is 1. The van der Waals surface area contributed by atoms with Gasteiger partial charge < -0.3 is 4.74 Å². The summed E-state index contributed by atoms with van der Waals surface area (Å²) >= 11 is 0. The maximum Gasteiger partial charge on any atom is 0.316 e. The fraction of sp³-hybridized carbons (Fsp3) is 0.333. The van der Waals surface area contributed by atoms with Gasteiger partial charge in [0.25, 0.3) is 0 Å². The van der Waals surface area contributed by atoms with Crippen LogP contribution in [-0.4, -0.2) is 18.9 Å². The van der Waals surface area contributed by atoms with Crippen molar-refractivity contribution >= 4 is 11.8 Å². The molecule has 0 aliphatic carbocycles. The molecule has 0 spiro atoms. The molecule has 0 bridgehead atoms. The molecule has 0 saturated heterocycles. The molecular formula is C12H13FO3. The van der Waals surface area contributed by atoms with Crippen LogP contribution < -0.4 is 0 Å². The topological polar surface area (TPSA) is 43.4 Å². The van der Waals surface area contributed by atoms with Crippen LogP contribution in [-0.2, 0) is 9.53 Å². The average molecular weight is 224 g/mol. The van der Waals surface area contributed by atoms with Crippen LogP contribution in [0, 0.1) is 18.7 Å². The summed E-state index contributed by atoms with van der Waals surface area (Å²) < 4.78 is 18.0. The minimum Gasteiger partial charge on any atom is -0.468 e. The van der Waals surface area contributed by atoms with Gasteiger partial charge in [-0.05, 0) is 25.5 Å². The van der Waals surface area contributed by atoms with Crippen LogP contribution in [0.1, 0.15) is 22.8 Å². The molecular weight excluding hydrogens is 211 g/mol. The molecule has 0 heterocycles. The smallest absolute Gasteiger partial charge is 0.316 e. The number of methoxy groups -OCH3 is 1. The third-order valence-electron chi connectivity index (χ3n) is 2.41.